The molecule has 1 aromatic carbocycles. The Morgan fingerprint density at radius 1 is 1.35 bits per heavy atom. The summed E-state index contributed by atoms with van der Waals surface area (Å²) in [7, 11) is -1.95. The van der Waals surface area contributed by atoms with Gasteiger partial charge in [0.25, 0.3) is 10.0 Å². The maximum Gasteiger partial charge on any atom is 0.271 e. The van der Waals surface area contributed by atoms with E-state index in [-0.39, 0.29) is 0 Å². The summed E-state index contributed by atoms with van der Waals surface area (Å²) in [6.07, 6.45) is 0. The molecule has 7 heteroatoms. The number of anilines is 1. The summed E-state index contributed by atoms with van der Waals surface area (Å²) in [4.78, 5) is 0. The molecule has 0 saturated carbocycles. The van der Waals surface area contributed by atoms with Gasteiger partial charge in [-0.3, -0.25) is 4.72 Å². The fourth-order valence-corrected chi connectivity index (χ4v) is 4.94. The van der Waals surface area contributed by atoms with Gasteiger partial charge in [-0.1, -0.05) is 12.1 Å². The van der Waals surface area contributed by atoms with E-state index in [1.54, 1.807) is 31.4 Å². The number of benzene rings is 1. The van der Waals surface area contributed by atoms with Crippen LogP contribution in [0.1, 0.15) is 11.1 Å². The van der Waals surface area contributed by atoms with E-state index < -0.39 is 10.0 Å². The van der Waals surface area contributed by atoms with Crippen LogP contribution in [0.15, 0.2) is 38.3 Å². The quantitative estimate of drug-likeness (QED) is 0.865. The maximum absolute atomic E-state index is 12.3. The van der Waals surface area contributed by atoms with Crippen molar-refractivity contribution in [2.45, 2.75) is 17.7 Å². The number of sulfonamides is 1. The number of ether oxygens (including phenoxy) is 1. The van der Waals surface area contributed by atoms with Crippen LogP contribution in [0.5, 0.6) is 0 Å². The standard InChI is InChI=1S/C13H14BrNO3S2/c1-9-6-12(19-13(9)14)20(16,17)15-11-5-3-4-10(7-11)8-18-2/h3-7,15H,8H2,1-2H3. The summed E-state index contributed by atoms with van der Waals surface area (Å²) >= 11 is 4.53. The molecule has 0 spiro atoms. The molecule has 0 aliphatic rings. The van der Waals surface area contributed by atoms with Crippen molar-refractivity contribution in [3.05, 3.63) is 45.2 Å². The molecular formula is C13H14BrNO3S2. The number of hydrogen-bond donors (Lipinski definition) is 1. The highest BCUT2D eigenvalue weighted by Crippen LogP contribution is 2.31. The zero-order valence-corrected chi connectivity index (χ0v) is 14.2. The number of nitrogens with one attached hydrogen (secondary N) is 1. The van der Waals surface area contributed by atoms with Gasteiger partial charge in [-0.2, -0.15) is 0 Å². The van der Waals surface area contributed by atoms with E-state index in [4.69, 9.17) is 4.74 Å². The fourth-order valence-electron chi connectivity index (χ4n) is 1.66. The predicted octanol–water partition coefficient (Wildman–Crippen LogP) is 3.77. The van der Waals surface area contributed by atoms with Crippen molar-refractivity contribution in [3.8, 4) is 0 Å². The lowest BCUT2D eigenvalue weighted by Gasteiger charge is -2.07. The highest BCUT2D eigenvalue weighted by Gasteiger charge is 2.18. The maximum atomic E-state index is 12.3. The number of hydrogen-bond acceptors (Lipinski definition) is 4. The molecule has 0 aliphatic carbocycles. The number of halogens is 1. The van der Waals surface area contributed by atoms with Crippen LogP contribution in [0.4, 0.5) is 5.69 Å². The van der Waals surface area contributed by atoms with E-state index >= 15 is 0 Å². The van der Waals surface area contributed by atoms with Gasteiger partial charge in [-0.15, -0.1) is 11.3 Å². The van der Waals surface area contributed by atoms with E-state index in [0.717, 1.165) is 14.9 Å². The Morgan fingerprint density at radius 3 is 2.70 bits per heavy atom. The molecule has 4 nitrogen and oxygen atoms in total. The van der Waals surface area contributed by atoms with Gasteiger partial charge in [-0.25, -0.2) is 8.42 Å². The Labute approximate surface area is 131 Å². The first-order valence-electron chi connectivity index (χ1n) is 5.79. The minimum absolute atomic E-state index is 0.291. The summed E-state index contributed by atoms with van der Waals surface area (Å²) in [5.41, 5.74) is 2.35. The molecule has 1 N–H and O–H groups in total. The van der Waals surface area contributed by atoms with Crippen LogP contribution >= 0.6 is 27.3 Å². The molecule has 2 rings (SSSR count). The first-order valence-corrected chi connectivity index (χ1v) is 8.88. The summed E-state index contributed by atoms with van der Waals surface area (Å²) in [6.45, 7) is 2.30. The van der Waals surface area contributed by atoms with Crippen LogP contribution in [0, 0.1) is 6.92 Å². The monoisotopic (exact) mass is 375 g/mol. The molecule has 0 unspecified atom stereocenters. The Kier molecular flexibility index (Phi) is 4.85. The second-order valence-electron chi connectivity index (χ2n) is 4.26. The van der Waals surface area contributed by atoms with E-state index in [1.165, 1.54) is 11.3 Å². The Morgan fingerprint density at radius 2 is 2.10 bits per heavy atom. The topological polar surface area (TPSA) is 55.4 Å². The molecule has 1 aromatic heterocycles. The van der Waals surface area contributed by atoms with Crippen LogP contribution in [-0.2, 0) is 21.4 Å². The van der Waals surface area contributed by atoms with Gasteiger partial charge >= 0.3 is 0 Å². The van der Waals surface area contributed by atoms with Crippen molar-refractivity contribution < 1.29 is 13.2 Å². The zero-order valence-electron chi connectivity index (χ0n) is 11.0. The van der Waals surface area contributed by atoms with Crippen LogP contribution in [0.3, 0.4) is 0 Å². The van der Waals surface area contributed by atoms with Gasteiger partial charge in [0, 0.05) is 12.8 Å². The molecule has 20 heavy (non-hydrogen) atoms. The minimum Gasteiger partial charge on any atom is -0.380 e. The molecule has 0 aliphatic heterocycles. The molecule has 108 valence electrons. The summed E-state index contributed by atoms with van der Waals surface area (Å²) < 4.78 is 33.3. The molecule has 2 aromatic rings. The first kappa shape index (κ1) is 15.5. The first-order chi connectivity index (χ1) is 9.42. The van der Waals surface area contributed by atoms with Gasteiger partial charge in [0.1, 0.15) is 4.21 Å². The van der Waals surface area contributed by atoms with Crippen molar-refractivity contribution in [1.29, 1.82) is 0 Å². The van der Waals surface area contributed by atoms with Crippen molar-refractivity contribution in [1.82, 2.24) is 0 Å². The van der Waals surface area contributed by atoms with E-state index in [2.05, 4.69) is 20.7 Å². The van der Waals surface area contributed by atoms with Gasteiger partial charge in [-0.05, 0) is 52.2 Å². The van der Waals surface area contributed by atoms with Gasteiger partial charge < -0.3 is 4.74 Å². The molecule has 0 saturated heterocycles. The van der Waals surface area contributed by atoms with Crippen molar-refractivity contribution in [3.63, 3.8) is 0 Å². The van der Waals surface area contributed by atoms with Crippen molar-refractivity contribution in [2.75, 3.05) is 11.8 Å². The van der Waals surface area contributed by atoms with Crippen molar-refractivity contribution in [2.24, 2.45) is 0 Å². The lowest BCUT2D eigenvalue weighted by Crippen LogP contribution is -2.11. The second-order valence-corrected chi connectivity index (χ2v) is 8.54. The van der Waals surface area contributed by atoms with Crippen LogP contribution in [0.2, 0.25) is 0 Å². The number of rotatable bonds is 5. The van der Waals surface area contributed by atoms with Gasteiger partial charge in [0.15, 0.2) is 0 Å². The molecular weight excluding hydrogens is 362 g/mol. The Balaban J connectivity index is 2.26. The van der Waals surface area contributed by atoms with Crippen LogP contribution in [-0.4, -0.2) is 15.5 Å². The fraction of sp³-hybridized carbons (Fsp3) is 0.231. The second kappa shape index (κ2) is 6.26. The van der Waals surface area contributed by atoms with Crippen LogP contribution < -0.4 is 4.72 Å². The third-order valence-electron chi connectivity index (χ3n) is 2.59. The normalized spacial score (nSPS) is 11.6. The zero-order chi connectivity index (χ0) is 14.8. The lowest BCUT2D eigenvalue weighted by molar-refractivity contribution is 0.185. The Bertz CT molecular complexity index is 691. The average Bonchev–Trinajstić information content (AvgIpc) is 2.71. The van der Waals surface area contributed by atoms with Crippen LogP contribution in [0.25, 0.3) is 0 Å². The molecule has 1 heterocycles. The van der Waals surface area contributed by atoms with Gasteiger partial charge in [0.05, 0.1) is 10.4 Å². The number of methoxy groups -OCH3 is 1. The highest BCUT2D eigenvalue weighted by molar-refractivity contribution is 9.11. The molecule has 0 amide bonds. The molecule has 0 radical (unpaired) electrons. The smallest absolute Gasteiger partial charge is 0.271 e. The largest absolute Gasteiger partial charge is 0.380 e. The third kappa shape index (κ3) is 3.60. The van der Waals surface area contributed by atoms with E-state index in [9.17, 15) is 8.42 Å². The Hall–Kier alpha value is -0.890. The number of thiophene rings is 1. The minimum atomic E-state index is -3.55. The summed E-state index contributed by atoms with van der Waals surface area (Å²) in [5, 5.41) is 0. The van der Waals surface area contributed by atoms with Crippen molar-refractivity contribution >= 4 is 43.0 Å². The lowest BCUT2D eigenvalue weighted by atomic mass is 10.2. The number of aryl methyl sites for hydroxylation is 1. The SMILES string of the molecule is COCc1cccc(NS(=O)(=O)c2cc(C)c(Br)s2)c1. The van der Waals surface area contributed by atoms with E-state index in [0.29, 0.717) is 16.5 Å². The molecule has 0 atom stereocenters. The summed E-state index contributed by atoms with van der Waals surface area (Å²) in [6, 6.07) is 8.80. The highest BCUT2D eigenvalue weighted by atomic mass is 79.9. The summed E-state index contributed by atoms with van der Waals surface area (Å²) in [5.74, 6) is 0. The third-order valence-corrected chi connectivity index (χ3v) is 6.58. The average molecular weight is 376 g/mol. The van der Waals surface area contributed by atoms with Gasteiger partial charge in [0.2, 0.25) is 0 Å². The van der Waals surface area contributed by atoms with E-state index in [1.807, 2.05) is 13.0 Å². The predicted molar refractivity (Wildman–Crippen MR) is 84.7 cm³/mol. The molecule has 0 bridgehead atoms. The molecule has 0 fully saturated rings.